The Morgan fingerprint density at radius 1 is 1.19 bits per heavy atom. The third-order valence-electron chi connectivity index (χ3n) is 1.81. The molecule has 0 aliphatic heterocycles. The van der Waals surface area contributed by atoms with E-state index in [9.17, 15) is 5.11 Å². The van der Waals surface area contributed by atoms with Gasteiger partial charge in [-0.2, -0.15) is 15.0 Å². The third-order valence-corrected chi connectivity index (χ3v) is 2.15. The molecule has 0 aliphatic carbocycles. The van der Waals surface area contributed by atoms with Crippen LogP contribution in [0.3, 0.4) is 0 Å². The molecule has 0 radical (unpaired) electrons. The Hall–Kier alpha value is -0.650. The van der Waals surface area contributed by atoms with Crippen molar-refractivity contribution in [3.8, 4) is 0 Å². The van der Waals surface area contributed by atoms with E-state index in [4.69, 9.17) is 23.2 Å². The summed E-state index contributed by atoms with van der Waals surface area (Å²) < 4.78 is 0. The van der Waals surface area contributed by atoms with Crippen LogP contribution < -0.4 is 4.90 Å². The normalized spacial score (nSPS) is 11.6. The average Bonchev–Trinajstić information content (AvgIpc) is 2.11. The number of aliphatic hydroxyl groups is 1. The van der Waals surface area contributed by atoms with Crippen molar-refractivity contribution in [3.63, 3.8) is 0 Å². The molecule has 0 fully saturated rings. The molecule has 0 saturated heterocycles. The second kappa shape index (κ2) is 5.12. The number of hydrogen-bond acceptors (Lipinski definition) is 5. The van der Waals surface area contributed by atoms with Crippen LogP contribution in [0, 0.1) is 0 Å². The fraction of sp³-hybridized carbons (Fsp3) is 0.667. The Labute approximate surface area is 104 Å². The van der Waals surface area contributed by atoms with Crippen molar-refractivity contribution >= 4 is 29.2 Å². The van der Waals surface area contributed by atoms with Crippen molar-refractivity contribution in [2.24, 2.45) is 0 Å². The molecule has 1 aromatic rings. The van der Waals surface area contributed by atoms with Crippen LogP contribution in [0.25, 0.3) is 0 Å². The number of halogens is 2. The van der Waals surface area contributed by atoms with Gasteiger partial charge in [0.25, 0.3) is 0 Å². The monoisotopic (exact) mass is 264 g/mol. The van der Waals surface area contributed by atoms with E-state index in [1.54, 1.807) is 18.7 Å². The van der Waals surface area contributed by atoms with Gasteiger partial charge in [-0.3, -0.25) is 0 Å². The highest BCUT2D eigenvalue weighted by atomic mass is 35.5. The molecular formula is C9H14Cl2N4O. The van der Waals surface area contributed by atoms with Crippen molar-refractivity contribution in [1.82, 2.24) is 15.0 Å². The lowest BCUT2D eigenvalue weighted by Gasteiger charge is -2.27. The first-order valence-electron chi connectivity index (χ1n) is 4.86. The van der Waals surface area contributed by atoms with Gasteiger partial charge in [-0.25, -0.2) is 0 Å². The summed E-state index contributed by atoms with van der Waals surface area (Å²) in [6.45, 7) is 6.37. The van der Waals surface area contributed by atoms with E-state index in [1.165, 1.54) is 0 Å². The predicted octanol–water partition coefficient (Wildman–Crippen LogP) is 1.78. The fourth-order valence-electron chi connectivity index (χ4n) is 1.25. The number of likely N-dealkylation sites (N-methyl/N-ethyl adjacent to an activating group) is 1. The topological polar surface area (TPSA) is 62.1 Å². The van der Waals surface area contributed by atoms with Crippen LogP contribution in [-0.4, -0.2) is 38.7 Å². The van der Waals surface area contributed by atoms with Gasteiger partial charge in [0.1, 0.15) is 0 Å². The molecule has 1 N–H and O–H groups in total. The zero-order chi connectivity index (χ0) is 12.3. The Bertz CT molecular complexity index is 347. The van der Waals surface area contributed by atoms with E-state index < -0.39 is 5.60 Å². The number of nitrogens with zero attached hydrogens (tertiary/aromatic N) is 4. The van der Waals surface area contributed by atoms with Crippen LogP contribution in [0.1, 0.15) is 20.8 Å². The molecule has 1 rings (SSSR count). The van der Waals surface area contributed by atoms with E-state index in [1.807, 2.05) is 6.92 Å². The summed E-state index contributed by atoms with van der Waals surface area (Å²) in [4.78, 5) is 13.4. The molecule has 1 aromatic heterocycles. The lowest BCUT2D eigenvalue weighted by Crippen LogP contribution is -2.39. The highest BCUT2D eigenvalue weighted by molar-refractivity contribution is 6.31. The number of rotatable bonds is 4. The first-order valence-corrected chi connectivity index (χ1v) is 5.62. The summed E-state index contributed by atoms with van der Waals surface area (Å²) in [5, 5.41) is 9.83. The molecule has 0 atom stereocenters. The van der Waals surface area contributed by atoms with Crippen LogP contribution in [0.5, 0.6) is 0 Å². The van der Waals surface area contributed by atoms with E-state index >= 15 is 0 Å². The molecule has 7 heteroatoms. The van der Waals surface area contributed by atoms with Crippen LogP contribution in [0.2, 0.25) is 10.6 Å². The number of anilines is 1. The van der Waals surface area contributed by atoms with Gasteiger partial charge in [0, 0.05) is 13.1 Å². The summed E-state index contributed by atoms with van der Waals surface area (Å²) in [6.07, 6.45) is 0. The maximum Gasteiger partial charge on any atom is 0.231 e. The number of hydrogen-bond donors (Lipinski definition) is 1. The zero-order valence-electron chi connectivity index (χ0n) is 9.41. The molecular weight excluding hydrogens is 251 g/mol. The minimum absolute atomic E-state index is 0.0456. The lowest BCUT2D eigenvalue weighted by atomic mass is 10.1. The fourth-order valence-corrected chi connectivity index (χ4v) is 1.60. The highest BCUT2D eigenvalue weighted by Gasteiger charge is 2.20. The van der Waals surface area contributed by atoms with Gasteiger partial charge in [-0.05, 0) is 44.0 Å². The first-order chi connectivity index (χ1) is 7.31. The largest absolute Gasteiger partial charge is 0.389 e. The van der Waals surface area contributed by atoms with Crippen LogP contribution in [-0.2, 0) is 0 Å². The second-order valence-electron chi connectivity index (χ2n) is 4.00. The summed E-state index contributed by atoms with van der Waals surface area (Å²) in [5.41, 5.74) is -0.846. The Morgan fingerprint density at radius 2 is 1.69 bits per heavy atom. The van der Waals surface area contributed by atoms with Crippen LogP contribution in [0.15, 0.2) is 0 Å². The van der Waals surface area contributed by atoms with E-state index in [0.717, 1.165) is 0 Å². The van der Waals surface area contributed by atoms with Gasteiger partial charge in [0.15, 0.2) is 0 Å². The quantitative estimate of drug-likeness (QED) is 0.899. The standard InChI is InChI=1S/C9H14Cl2N4O/c1-4-15(5-9(2,3)16)8-13-6(10)12-7(11)14-8/h16H,4-5H2,1-3H3. The van der Waals surface area contributed by atoms with Gasteiger partial charge in [0.05, 0.1) is 5.60 Å². The minimum Gasteiger partial charge on any atom is -0.389 e. The van der Waals surface area contributed by atoms with Crippen molar-refractivity contribution in [2.45, 2.75) is 26.4 Å². The van der Waals surface area contributed by atoms with Gasteiger partial charge in [-0.1, -0.05) is 0 Å². The molecule has 0 saturated carbocycles. The Kier molecular flexibility index (Phi) is 4.29. The summed E-state index contributed by atoms with van der Waals surface area (Å²) in [7, 11) is 0. The summed E-state index contributed by atoms with van der Waals surface area (Å²) in [6, 6.07) is 0. The van der Waals surface area contributed by atoms with E-state index in [2.05, 4.69) is 15.0 Å². The SMILES string of the molecule is CCN(CC(C)(C)O)c1nc(Cl)nc(Cl)n1. The van der Waals surface area contributed by atoms with Crippen molar-refractivity contribution in [1.29, 1.82) is 0 Å². The van der Waals surface area contributed by atoms with Gasteiger partial charge in [0.2, 0.25) is 16.5 Å². The average molecular weight is 265 g/mol. The number of aromatic nitrogens is 3. The molecule has 0 spiro atoms. The van der Waals surface area contributed by atoms with Gasteiger partial charge < -0.3 is 10.0 Å². The van der Waals surface area contributed by atoms with Crippen LogP contribution >= 0.6 is 23.2 Å². The zero-order valence-corrected chi connectivity index (χ0v) is 10.9. The highest BCUT2D eigenvalue weighted by Crippen LogP contribution is 2.16. The third kappa shape index (κ3) is 4.08. The Morgan fingerprint density at radius 3 is 2.06 bits per heavy atom. The van der Waals surface area contributed by atoms with Crippen molar-refractivity contribution < 1.29 is 5.11 Å². The maximum atomic E-state index is 9.74. The molecule has 1 heterocycles. The summed E-state index contributed by atoms with van der Waals surface area (Å²) in [5.74, 6) is 0.370. The van der Waals surface area contributed by atoms with E-state index in [-0.39, 0.29) is 10.6 Å². The molecule has 0 unspecified atom stereocenters. The molecule has 90 valence electrons. The predicted molar refractivity (Wildman–Crippen MR) is 64.0 cm³/mol. The smallest absolute Gasteiger partial charge is 0.231 e. The lowest BCUT2D eigenvalue weighted by molar-refractivity contribution is 0.0872. The molecule has 16 heavy (non-hydrogen) atoms. The molecule has 0 amide bonds. The molecule has 5 nitrogen and oxygen atoms in total. The maximum absolute atomic E-state index is 9.74. The minimum atomic E-state index is -0.846. The van der Waals surface area contributed by atoms with Crippen LogP contribution in [0.4, 0.5) is 5.95 Å². The van der Waals surface area contributed by atoms with E-state index in [0.29, 0.717) is 19.0 Å². The second-order valence-corrected chi connectivity index (χ2v) is 4.68. The molecule has 0 aliphatic rings. The van der Waals surface area contributed by atoms with Crippen molar-refractivity contribution in [3.05, 3.63) is 10.6 Å². The molecule has 0 bridgehead atoms. The van der Waals surface area contributed by atoms with Gasteiger partial charge >= 0.3 is 0 Å². The van der Waals surface area contributed by atoms with Gasteiger partial charge in [-0.15, -0.1) is 0 Å². The Balaban J connectivity index is 2.95. The molecule has 0 aromatic carbocycles. The van der Waals surface area contributed by atoms with Crippen molar-refractivity contribution in [2.75, 3.05) is 18.0 Å². The summed E-state index contributed by atoms with van der Waals surface area (Å²) >= 11 is 11.4. The first kappa shape index (κ1) is 13.4.